The van der Waals surface area contributed by atoms with Crippen LogP contribution in [0.5, 0.6) is 0 Å². The molecule has 2 aliphatic rings. The molecule has 7 nitrogen and oxygen atoms in total. The van der Waals surface area contributed by atoms with Crippen LogP contribution in [0.15, 0.2) is 29.2 Å². The lowest BCUT2D eigenvalue weighted by Crippen LogP contribution is -2.48. The van der Waals surface area contributed by atoms with Crippen LogP contribution >= 0.6 is 12.4 Å². The molecule has 0 aliphatic carbocycles. The molecule has 158 valence electrons. The zero-order valence-corrected chi connectivity index (χ0v) is 18.3. The van der Waals surface area contributed by atoms with Gasteiger partial charge >= 0.3 is 0 Å². The van der Waals surface area contributed by atoms with E-state index in [9.17, 15) is 13.2 Å². The summed E-state index contributed by atoms with van der Waals surface area (Å²) in [5.41, 5.74) is 6.27. The average molecular weight is 432 g/mol. The van der Waals surface area contributed by atoms with Gasteiger partial charge < -0.3 is 15.4 Å². The van der Waals surface area contributed by atoms with Crippen LogP contribution < -0.4 is 5.73 Å². The molecule has 1 aromatic rings. The molecule has 0 spiro atoms. The van der Waals surface area contributed by atoms with Gasteiger partial charge in [-0.05, 0) is 56.5 Å². The number of rotatable bonds is 4. The average Bonchev–Trinajstić information content (AvgIpc) is 3.03. The number of nitrogens with two attached hydrogens (primary N) is 1. The molecule has 2 saturated heterocycles. The second-order valence-electron chi connectivity index (χ2n) is 8.10. The second-order valence-corrected chi connectivity index (χ2v) is 10.0. The van der Waals surface area contributed by atoms with E-state index in [2.05, 4.69) is 6.92 Å². The molecule has 2 heterocycles. The third kappa shape index (κ3) is 4.68. The monoisotopic (exact) mass is 431 g/mol. The lowest BCUT2D eigenvalue weighted by Gasteiger charge is -2.34. The number of ether oxygens (including phenoxy) is 1. The van der Waals surface area contributed by atoms with Crippen molar-refractivity contribution in [3.8, 4) is 0 Å². The van der Waals surface area contributed by atoms with Crippen LogP contribution in [-0.2, 0) is 14.8 Å². The van der Waals surface area contributed by atoms with Crippen LogP contribution in [0.2, 0.25) is 0 Å². The van der Waals surface area contributed by atoms with Crippen molar-refractivity contribution in [2.75, 3.05) is 32.7 Å². The summed E-state index contributed by atoms with van der Waals surface area (Å²) in [6.07, 6.45) is 0.600. The summed E-state index contributed by atoms with van der Waals surface area (Å²) in [7, 11) is -3.60. The smallest absolute Gasteiger partial charge is 0.253 e. The Hall–Kier alpha value is -1.19. The van der Waals surface area contributed by atoms with Gasteiger partial charge in [0.15, 0.2) is 0 Å². The van der Waals surface area contributed by atoms with Crippen molar-refractivity contribution >= 4 is 28.3 Å². The summed E-state index contributed by atoms with van der Waals surface area (Å²) in [5, 5.41) is 0. The fraction of sp³-hybridized carbons (Fsp3) is 0.632. The normalized spacial score (nSPS) is 28.8. The lowest BCUT2D eigenvalue weighted by molar-refractivity contribution is -0.0440. The van der Waals surface area contributed by atoms with Gasteiger partial charge in [0, 0.05) is 31.7 Å². The Morgan fingerprint density at radius 2 is 1.79 bits per heavy atom. The molecule has 3 rings (SSSR count). The molecule has 1 aromatic carbocycles. The van der Waals surface area contributed by atoms with E-state index in [0.29, 0.717) is 38.3 Å². The van der Waals surface area contributed by atoms with E-state index in [0.717, 1.165) is 6.42 Å². The van der Waals surface area contributed by atoms with Crippen molar-refractivity contribution in [2.24, 2.45) is 11.1 Å². The number of nitrogens with zero attached hydrogens (tertiary/aromatic N) is 2. The van der Waals surface area contributed by atoms with E-state index < -0.39 is 10.0 Å². The van der Waals surface area contributed by atoms with Crippen molar-refractivity contribution < 1.29 is 17.9 Å². The lowest BCUT2D eigenvalue weighted by atomic mass is 9.90. The number of benzene rings is 1. The van der Waals surface area contributed by atoms with Gasteiger partial charge in [0.2, 0.25) is 10.0 Å². The molecule has 0 bridgehead atoms. The van der Waals surface area contributed by atoms with E-state index in [1.165, 1.54) is 16.4 Å². The molecule has 1 amide bonds. The molecule has 0 saturated carbocycles. The molecule has 0 aromatic heterocycles. The highest BCUT2D eigenvalue weighted by molar-refractivity contribution is 7.89. The van der Waals surface area contributed by atoms with E-state index in [1.54, 1.807) is 17.0 Å². The Bertz CT molecular complexity index is 792. The number of morpholine rings is 1. The van der Waals surface area contributed by atoms with Gasteiger partial charge in [-0.2, -0.15) is 4.31 Å². The molecule has 28 heavy (non-hydrogen) atoms. The molecule has 3 atom stereocenters. The van der Waals surface area contributed by atoms with Gasteiger partial charge in [-0.3, -0.25) is 4.79 Å². The molecular formula is C19H30ClN3O4S. The van der Waals surface area contributed by atoms with Crippen LogP contribution in [0.4, 0.5) is 0 Å². The summed E-state index contributed by atoms with van der Waals surface area (Å²) in [4.78, 5) is 14.7. The van der Waals surface area contributed by atoms with Gasteiger partial charge in [0.1, 0.15) is 0 Å². The highest BCUT2D eigenvalue weighted by atomic mass is 35.5. The third-order valence-corrected chi connectivity index (χ3v) is 7.31. The SMILES string of the molecule is CC1CN(S(=O)(=O)c2ccc(C(=O)N3CCC(C)(CN)C3)cc2)CC(C)O1.Cl. The maximum atomic E-state index is 12.9. The van der Waals surface area contributed by atoms with Crippen LogP contribution in [0.25, 0.3) is 0 Å². The van der Waals surface area contributed by atoms with Gasteiger partial charge in [-0.15, -0.1) is 12.4 Å². The summed E-state index contributed by atoms with van der Waals surface area (Å²) in [5.74, 6) is -0.0789. The van der Waals surface area contributed by atoms with Gasteiger partial charge in [-0.1, -0.05) is 6.92 Å². The molecular weight excluding hydrogens is 402 g/mol. The van der Waals surface area contributed by atoms with Gasteiger partial charge in [0.25, 0.3) is 5.91 Å². The zero-order chi connectivity index (χ0) is 19.8. The van der Waals surface area contributed by atoms with Crippen LogP contribution in [0, 0.1) is 5.41 Å². The zero-order valence-electron chi connectivity index (χ0n) is 16.6. The fourth-order valence-electron chi connectivity index (χ4n) is 3.79. The summed E-state index contributed by atoms with van der Waals surface area (Å²) in [6.45, 7) is 8.33. The number of carbonyl (C=O) groups excluding carboxylic acids is 1. The number of hydrogen-bond acceptors (Lipinski definition) is 5. The number of halogens is 1. The predicted molar refractivity (Wildman–Crippen MR) is 110 cm³/mol. The van der Waals surface area contributed by atoms with Crippen LogP contribution in [0.1, 0.15) is 37.6 Å². The quantitative estimate of drug-likeness (QED) is 0.783. The Morgan fingerprint density at radius 3 is 2.29 bits per heavy atom. The second kappa shape index (κ2) is 8.67. The molecule has 3 unspecified atom stereocenters. The first-order chi connectivity index (χ1) is 12.6. The van der Waals surface area contributed by atoms with Crippen LogP contribution in [0.3, 0.4) is 0 Å². The number of sulfonamides is 1. The highest BCUT2D eigenvalue weighted by Gasteiger charge is 2.36. The summed E-state index contributed by atoms with van der Waals surface area (Å²) >= 11 is 0. The Labute approximate surface area is 173 Å². The number of likely N-dealkylation sites (tertiary alicyclic amines) is 1. The molecule has 9 heteroatoms. The minimum absolute atomic E-state index is 0. The van der Waals surface area contributed by atoms with E-state index in [4.69, 9.17) is 10.5 Å². The standard InChI is InChI=1S/C19H29N3O4S.ClH/c1-14-10-22(11-15(2)26-14)27(24,25)17-6-4-16(5-7-17)18(23)21-9-8-19(3,12-20)13-21;/h4-7,14-15H,8-13,20H2,1-3H3;1H. The maximum absolute atomic E-state index is 12.9. The van der Waals surface area contributed by atoms with E-state index in [1.807, 2.05) is 13.8 Å². The highest BCUT2D eigenvalue weighted by Crippen LogP contribution is 2.30. The van der Waals surface area contributed by atoms with Crippen molar-refractivity contribution in [3.05, 3.63) is 29.8 Å². The molecule has 0 radical (unpaired) electrons. The molecule has 2 N–H and O–H groups in total. The largest absolute Gasteiger partial charge is 0.373 e. The van der Waals surface area contributed by atoms with Crippen molar-refractivity contribution in [2.45, 2.75) is 44.3 Å². The van der Waals surface area contributed by atoms with E-state index in [-0.39, 0.29) is 40.8 Å². The first-order valence-electron chi connectivity index (χ1n) is 9.40. The van der Waals surface area contributed by atoms with Crippen molar-refractivity contribution in [1.29, 1.82) is 0 Å². The summed E-state index contributed by atoms with van der Waals surface area (Å²) < 4.78 is 32.9. The van der Waals surface area contributed by atoms with Crippen molar-refractivity contribution in [1.82, 2.24) is 9.21 Å². The molecule has 2 aliphatic heterocycles. The van der Waals surface area contributed by atoms with Crippen LogP contribution in [-0.4, -0.2) is 68.5 Å². The van der Waals surface area contributed by atoms with E-state index >= 15 is 0 Å². The van der Waals surface area contributed by atoms with Gasteiger partial charge in [-0.25, -0.2) is 8.42 Å². The fourth-order valence-corrected chi connectivity index (χ4v) is 5.38. The maximum Gasteiger partial charge on any atom is 0.253 e. The minimum Gasteiger partial charge on any atom is -0.373 e. The number of amides is 1. The third-order valence-electron chi connectivity index (χ3n) is 5.46. The molecule has 2 fully saturated rings. The number of hydrogen-bond donors (Lipinski definition) is 1. The topological polar surface area (TPSA) is 92.9 Å². The first-order valence-corrected chi connectivity index (χ1v) is 10.8. The predicted octanol–water partition coefficient (Wildman–Crippen LogP) is 1.72. The Morgan fingerprint density at radius 1 is 1.21 bits per heavy atom. The van der Waals surface area contributed by atoms with Gasteiger partial charge in [0.05, 0.1) is 17.1 Å². The summed E-state index contributed by atoms with van der Waals surface area (Å²) in [6, 6.07) is 6.23. The number of carbonyl (C=O) groups is 1. The first kappa shape index (κ1) is 23.1. The Balaban J connectivity index is 0.00000280. The Kier molecular flexibility index (Phi) is 7.15. The van der Waals surface area contributed by atoms with Crippen molar-refractivity contribution in [3.63, 3.8) is 0 Å². The minimum atomic E-state index is -3.60.